The number of rotatable bonds is 8. The molecule has 1 aliphatic rings. The fraction of sp³-hybridized carbons (Fsp3) is 0.241. The minimum absolute atomic E-state index is 0.103. The molecule has 2 amide bonds. The van der Waals surface area contributed by atoms with Crippen LogP contribution in [0.1, 0.15) is 12.8 Å². The second-order valence-corrected chi connectivity index (χ2v) is 10.4. The summed E-state index contributed by atoms with van der Waals surface area (Å²) >= 11 is 1.50. The second kappa shape index (κ2) is 11.5. The number of fused-ring (bicyclic) bond motifs is 1. The van der Waals surface area contributed by atoms with Crippen LogP contribution in [-0.4, -0.2) is 53.9 Å². The van der Waals surface area contributed by atoms with Gasteiger partial charge in [-0.25, -0.2) is 4.98 Å². The Balaban J connectivity index is 1.28. The van der Waals surface area contributed by atoms with E-state index in [1.807, 2.05) is 37.7 Å². The van der Waals surface area contributed by atoms with Crippen LogP contribution in [0, 0.1) is 5.92 Å². The van der Waals surface area contributed by atoms with Crippen LogP contribution >= 0.6 is 11.3 Å². The van der Waals surface area contributed by atoms with Crippen molar-refractivity contribution >= 4 is 56.4 Å². The van der Waals surface area contributed by atoms with Crippen molar-refractivity contribution in [3.8, 4) is 11.6 Å². The van der Waals surface area contributed by atoms with Crippen molar-refractivity contribution in [3.05, 3.63) is 72.6 Å². The van der Waals surface area contributed by atoms with Gasteiger partial charge in [-0.1, -0.05) is 12.6 Å². The minimum atomic E-state index is -0.295. The molecule has 2 aromatic heterocycles. The van der Waals surface area contributed by atoms with Gasteiger partial charge in [0, 0.05) is 56.2 Å². The number of ether oxygens (including phenoxy) is 1. The third-order valence-corrected chi connectivity index (χ3v) is 7.44. The van der Waals surface area contributed by atoms with Crippen LogP contribution in [0.4, 0.5) is 23.0 Å². The molecule has 1 saturated heterocycles. The fourth-order valence-corrected chi connectivity index (χ4v) is 5.29. The third-order valence-electron chi connectivity index (χ3n) is 6.55. The Morgan fingerprint density at radius 3 is 2.56 bits per heavy atom. The summed E-state index contributed by atoms with van der Waals surface area (Å²) in [5.41, 5.74) is 3.35. The number of carbonyl (C=O) groups is 2. The zero-order chi connectivity index (χ0) is 27.4. The Morgan fingerprint density at radius 2 is 1.85 bits per heavy atom. The second-order valence-electron chi connectivity index (χ2n) is 9.48. The van der Waals surface area contributed by atoms with E-state index in [0.717, 1.165) is 47.5 Å². The van der Waals surface area contributed by atoms with E-state index in [1.165, 1.54) is 17.4 Å². The first-order valence-electron chi connectivity index (χ1n) is 12.7. The first-order valence-corrected chi connectivity index (χ1v) is 13.6. The number of thiophene rings is 1. The predicted octanol–water partition coefficient (Wildman–Crippen LogP) is 5.66. The van der Waals surface area contributed by atoms with Gasteiger partial charge in [0.05, 0.1) is 5.52 Å². The van der Waals surface area contributed by atoms with E-state index >= 15 is 0 Å². The highest BCUT2D eigenvalue weighted by Gasteiger charge is 2.26. The quantitative estimate of drug-likeness (QED) is 0.277. The van der Waals surface area contributed by atoms with E-state index < -0.39 is 0 Å². The van der Waals surface area contributed by atoms with Crippen LogP contribution in [0.3, 0.4) is 0 Å². The van der Waals surface area contributed by atoms with E-state index in [2.05, 4.69) is 44.2 Å². The Morgan fingerprint density at radius 1 is 1.08 bits per heavy atom. The molecule has 200 valence electrons. The van der Waals surface area contributed by atoms with Crippen molar-refractivity contribution in [1.82, 2.24) is 14.9 Å². The maximum absolute atomic E-state index is 12.3. The fourth-order valence-electron chi connectivity index (χ4n) is 4.54. The average molecular weight is 543 g/mol. The monoisotopic (exact) mass is 542 g/mol. The number of benzene rings is 2. The van der Waals surface area contributed by atoms with E-state index in [0.29, 0.717) is 23.3 Å². The normalized spacial score (nSPS) is 13.6. The molecule has 4 aromatic rings. The summed E-state index contributed by atoms with van der Waals surface area (Å²) in [5.74, 6) is 1.41. The lowest BCUT2D eigenvalue weighted by Crippen LogP contribution is -2.40. The lowest BCUT2D eigenvalue weighted by atomic mass is 9.95. The molecular weight excluding hydrogens is 512 g/mol. The molecule has 0 spiro atoms. The summed E-state index contributed by atoms with van der Waals surface area (Å²) in [6.07, 6.45) is 2.93. The third kappa shape index (κ3) is 6.18. The number of hydrogen-bond acceptors (Lipinski definition) is 8. The Labute approximate surface area is 231 Å². The molecule has 0 atom stereocenters. The van der Waals surface area contributed by atoms with Gasteiger partial charge in [0.1, 0.15) is 10.4 Å². The highest BCUT2D eigenvalue weighted by atomic mass is 32.1. The molecule has 39 heavy (non-hydrogen) atoms. The highest BCUT2D eigenvalue weighted by molar-refractivity contribution is 7.17. The lowest BCUT2D eigenvalue weighted by molar-refractivity contribution is -0.133. The van der Waals surface area contributed by atoms with Gasteiger partial charge in [-0.05, 0) is 66.8 Å². The number of aromatic nitrogens is 2. The van der Waals surface area contributed by atoms with Crippen molar-refractivity contribution in [2.24, 2.45) is 5.92 Å². The van der Waals surface area contributed by atoms with Crippen LogP contribution in [0.5, 0.6) is 11.6 Å². The van der Waals surface area contributed by atoms with Gasteiger partial charge in [0.2, 0.25) is 23.6 Å². The highest BCUT2D eigenvalue weighted by Crippen LogP contribution is 2.34. The molecule has 2 N–H and O–H groups in total. The standard InChI is InChI=1S/C29H30N6O3S/c1-4-25(36)30-21-6-5-7-23(18-21)38-27-26-24(14-17-39-26)32-29(33-27)31-20-8-10-22(11-9-20)35-15-12-19(13-16-35)28(37)34(2)3/h4-11,14,17-19H,1,12-13,15-16H2,2-3H3,(H,30,36)(H,31,32,33). The summed E-state index contributed by atoms with van der Waals surface area (Å²) in [5, 5.41) is 7.97. The van der Waals surface area contributed by atoms with Gasteiger partial charge in [0.25, 0.3) is 0 Å². The van der Waals surface area contributed by atoms with Crippen LogP contribution in [0.25, 0.3) is 10.2 Å². The number of nitrogens with one attached hydrogen (secondary N) is 2. The van der Waals surface area contributed by atoms with Crippen molar-refractivity contribution in [1.29, 1.82) is 0 Å². The predicted molar refractivity (Wildman–Crippen MR) is 156 cm³/mol. The van der Waals surface area contributed by atoms with Crippen molar-refractivity contribution in [2.45, 2.75) is 12.8 Å². The van der Waals surface area contributed by atoms with Crippen molar-refractivity contribution in [2.75, 3.05) is 42.7 Å². The maximum atomic E-state index is 12.3. The smallest absolute Gasteiger partial charge is 0.247 e. The van der Waals surface area contributed by atoms with Crippen LogP contribution < -0.4 is 20.3 Å². The molecule has 10 heteroatoms. The summed E-state index contributed by atoms with van der Waals surface area (Å²) in [6, 6.07) is 17.2. The maximum Gasteiger partial charge on any atom is 0.247 e. The largest absolute Gasteiger partial charge is 0.437 e. The van der Waals surface area contributed by atoms with Crippen LogP contribution in [0.2, 0.25) is 0 Å². The molecule has 3 heterocycles. The number of hydrogen-bond donors (Lipinski definition) is 2. The molecular formula is C29H30N6O3S. The number of carbonyl (C=O) groups excluding carboxylic acids is 2. The van der Waals surface area contributed by atoms with E-state index in [-0.39, 0.29) is 17.7 Å². The van der Waals surface area contributed by atoms with Gasteiger partial charge >= 0.3 is 0 Å². The molecule has 0 radical (unpaired) electrons. The Bertz CT molecular complexity index is 1490. The molecule has 0 aliphatic carbocycles. The molecule has 0 bridgehead atoms. The Kier molecular flexibility index (Phi) is 7.74. The van der Waals surface area contributed by atoms with E-state index in [4.69, 9.17) is 4.74 Å². The molecule has 1 fully saturated rings. The summed E-state index contributed by atoms with van der Waals surface area (Å²) < 4.78 is 6.96. The van der Waals surface area contributed by atoms with E-state index in [9.17, 15) is 9.59 Å². The van der Waals surface area contributed by atoms with Gasteiger partial charge in [-0.3, -0.25) is 9.59 Å². The first-order chi connectivity index (χ1) is 18.9. The van der Waals surface area contributed by atoms with Crippen LogP contribution in [-0.2, 0) is 9.59 Å². The number of amides is 2. The molecule has 2 aromatic carbocycles. The topological polar surface area (TPSA) is 99.7 Å². The Hall–Kier alpha value is -4.44. The molecule has 0 unspecified atom stereocenters. The van der Waals surface area contributed by atoms with Gasteiger partial charge in [-0.15, -0.1) is 11.3 Å². The van der Waals surface area contributed by atoms with Crippen molar-refractivity contribution in [3.63, 3.8) is 0 Å². The average Bonchev–Trinajstić information content (AvgIpc) is 3.42. The zero-order valence-electron chi connectivity index (χ0n) is 21.9. The number of anilines is 4. The number of piperidine rings is 1. The lowest BCUT2D eigenvalue weighted by Gasteiger charge is -2.34. The minimum Gasteiger partial charge on any atom is -0.437 e. The zero-order valence-corrected chi connectivity index (χ0v) is 22.7. The number of nitrogens with zero attached hydrogens (tertiary/aromatic N) is 4. The van der Waals surface area contributed by atoms with E-state index in [1.54, 1.807) is 29.2 Å². The molecule has 0 saturated carbocycles. The van der Waals surface area contributed by atoms with Crippen molar-refractivity contribution < 1.29 is 14.3 Å². The van der Waals surface area contributed by atoms with Gasteiger partial charge in [0.15, 0.2) is 0 Å². The van der Waals surface area contributed by atoms with Gasteiger partial charge < -0.3 is 25.2 Å². The van der Waals surface area contributed by atoms with Crippen LogP contribution in [0.15, 0.2) is 72.6 Å². The molecule has 1 aliphatic heterocycles. The molecule has 5 rings (SSSR count). The summed E-state index contributed by atoms with van der Waals surface area (Å²) in [4.78, 5) is 37.2. The summed E-state index contributed by atoms with van der Waals surface area (Å²) in [7, 11) is 3.64. The summed E-state index contributed by atoms with van der Waals surface area (Å²) in [6.45, 7) is 5.19. The van der Waals surface area contributed by atoms with Gasteiger partial charge in [-0.2, -0.15) is 4.98 Å². The first kappa shape index (κ1) is 26.2. The molecule has 9 nitrogen and oxygen atoms in total. The SMILES string of the molecule is C=CC(=O)Nc1cccc(Oc2nc(Nc3ccc(N4CCC(C(=O)N(C)C)CC4)cc3)nc3ccsc23)c1.